The lowest BCUT2D eigenvalue weighted by Gasteiger charge is -2.35. The highest BCUT2D eigenvalue weighted by Crippen LogP contribution is 2.27. The fraction of sp³-hybridized carbons (Fsp3) is 0.379. The van der Waals surface area contributed by atoms with Crippen LogP contribution in [-0.2, 0) is 22.5 Å². The molecule has 2 N–H and O–H groups in total. The smallest absolute Gasteiger partial charge is 0.226 e. The minimum atomic E-state index is -0.640. The number of nitrogens with one attached hydrogen (secondary N) is 2. The van der Waals surface area contributed by atoms with Crippen molar-refractivity contribution in [3.05, 3.63) is 81.9 Å². The first-order chi connectivity index (χ1) is 19.1. The number of nitrogens with zero attached hydrogens (tertiary/aromatic N) is 4. The fourth-order valence-electron chi connectivity index (χ4n) is 4.19. The van der Waals surface area contributed by atoms with Gasteiger partial charge in [0.25, 0.3) is 0 Å². The topological polar surface area (TPSA) is 95.2 Å². The minimum Gasteiger partial charge on any atom is -0.382 e. The van der Waals surface area contributed by atoms with Crippen molar-refractivity contribution >= 4 is 46.4 Å². The number of carbonyl (C=O) groups is 1. The third-order valence-corrected chi connectivity index (χ3v) is 7.28. The van der Waals surface area contributed by atoms with Gasteiger partial charge >= 0.3 is 0 Å². The lowest BCUT2D eigenvalue weighted by atomic mass is 10.0. The molecule has 40 heavy (non-hydrogen) atoms. The molecular formula is C29H34Cl2N6O2S. The second kappa shape index (κ2) is 15.0. The number of thiocarbonyl (C=S) groups is 1. The quantitative estimate of drug-likeness (QED) is 0.203. The molecule has 1 heterocycles. The maximum absolute atomic E-state index is 13.2. The summed E-state index contributed by atoms with van der Waals surface area (Å²) < 4.78 is 7.25. The summed E-state index contributed by atoms with van der Waals surface area (Å²) in [5, 5.41) is 17.0. The summed E-state index contributed by atoms with van der Waals surface area (Å²) in [4.78, 5) is 19.4. The van der Waals surface area contributed by atoms with Crippen LogP contribution in [0.25, 0.3) is 5.69 Å². The first-order valence-electron chi connectivity index (χ1n) is 13.0. The SMILES string of the molecule is CCOCCCNC(=S)N(Cc1cccc(Cl)c1Cl)CC(C)(C)NC(=O)Cc1cncn1-c1ccc(C#N)cc1. The molecule has 1 aromatic heterocycles. The van der Waals surface area contributed by atoms with Crippen LogP contribution in [0.2, 0.25) is 10.0 Å². The average Bonchev–Trinajstić information content (AvgIpc) is 3.38. The Morgan fingerprint density at radius 1 is 1.23 bits per heavy atom. The zero-order valence-corrected chi connectivity index (χ0v) is 25.2. The van der Waals surface area contributed by atoms with Gasteiger partial charge in [0.15, 0.2) is 5.11 Å². The molecule has 0 saturated heterocycles. The van der Waals surface area contributed by atoms with Gasteiger partial charge in [-0.2, -0.15) is 5.26 Å². The summed E-state index contributed by atoms with van der Waals surface area (Å²) in [7, 11) is 0. The first kappa shape index (κ1) is 31.4. The second-order valence-corrected chi connectivity index (χ2v) is 11.0. The van der Waals surface area contributed by atoms with Crippen LogP contribution in [0.3, 0.4) is 0 Å². The van der Waals surface area contributed by atoms with E-state index in [9.17, 15) is 4.79 Å². The summed E-state index contributed by atoms with van der Waals surface area (Å²) in [5.41, 5.74) is 2.31. The number of hydrogen-bond donors (Lipinski definition) is 2. The Morgan fingerprint density at radius 3 is 2.67 bits per heavy atom. The molecule has 0 spiro atoms. The predicted octanol–water partition coefficient (Wildman–Crippen LogP) is 5.29. The van der Waals surface area contributed by atoms with E-state index in [2.05, 4.69) is 21.7 Å². The Kier molecular flexibility index (Phi) is 11.8. The molecule has 8 nitrogen and oxygen atoms in total. The molecule has 0 bridgehead atoms. The van der Waals surface area contributed by atoms with E-state index in [0.717, 1.165) is 23.4 Å². The predicted molar refractivity (Wildman–Crippen MR) is 163 cm³/mol. The molecule has 0 aliphatic rings. The molecule has 3 rings (SSSR count). The van der Waals surface area contributed by atoms with Gasteiger partial charge in [0.05, 0.1) is 45.7 Å². The Hall–Kier alpha value is -3.16. The highest BCUT2D eigenvalue weighted by molar-refractivity contribution is 7.80. The molecule has 0 aliphatic heterocycles. The van der Waals surface area contributed by atoms with Crippen LogP contribution < -0.4 is 10.6 Å². The van der Waals surface area contributed by atoms with Crippen molar-refractivity contribution in [2.75, 3.05) is 26.3 Å². The number of halogens is 2. The molecule has 1 amide bonds. The van der Waals surface area contributed by atoms with Crippen molar-refractivity contribution in [2.45, 2.75) is 45.7 Å². The standard InChI is InChI=1S/C29H34Cl2N6O2S/c1-4-39-14-6-13-34-28(40)36(18-22-7-5-8-25(30)27(22)31)19-29(2,3)35-26(38)15-24-17-33-20-37(24)23-11-9-21(16-32)10-12-23/h5,7-12,17,20H,4,6,13-15,18-19H2,1-3H3,(H,34,40)(H,35,38). The van der Waals surface area contributed by atoms with Crippen molar-refractivity contribution in [3.8, 4) is 11.8 Å². The molecule has 11 heteroatoms. The van der Waals surface area contributed by atoms with E-state index >= 15 is 0 Å². The van der Waals surface area contributed by atoms with E-state index in [1.165, 1.54) is 0 Å². The van der Waals surface area contributed by atoms with Crippen LogP contribution in [-0.4, -0.2) is 57.3 Å². The Labute approximate surface area is 251 Å². The first-order valence-corrected chi connectivity index (χ1v) is 14.2. The number of benzene rings is 2. The number of carbonyl (C=O) groups excluding carboxylic acids is 1. The van der Waals surface area contributed by atoms with Gasteiger partial charge in [0.1, 0.15) is 0 Å². The molecule has 3 aromatic rings. The number of amides is 1. The molecule has 2 aromatic carbocycles. The third kappa shape index (κ3) is 9.20. The van der Waals surface area contributed by atoms with E-state index in [-0.39, 0.29) is 12.3 Å². The van der Waals surface area contributed by atoms with E-state index in [1.807, 2.05) is 54.5 Å². The Morgan fingerprint density at radius 2 is 1.98 bits per heavy atom. The van der Waals surface area contributed by atoms with Gasteiger partial charge in [0, 0.05) is 44.7 Å². The largest absolute Gasteiger partial charge is 0.382 e. The van der Waals surface area contributed by atoms with E-state index in [4.69, 9.17) is 45.4 Å². The van der Waals surface area contributed by atoms with Crippen molar-refractivity contribution in [1.29, 1.82) is 5.26 Å². The lowest BCUT2D eigenvalue weighted by molar-refractivity contribution is -0.122. The molecule has 0 aliphatic carbocycles. The van der Waals surface area contributed by atoms with Gasteiger partial charge in [0.2, 0.25) is 5.91 Å². The van der Waals surface area contributed by atoms with Gasteiger partial charge in [-0.1, -0.05) is 35.3 Å². The van der Waals surface area contributed by atoms with Crippen molar-refractivity contribution in [1.82, 2.24) is 25.1 Å². The van der Waals surface area contributed by atoms with Crippen LogP contribution in [0.5, 0.6) is 0 Å². The number of imidazole rings is 1. The average molecular weight is 602 g/mol. The Balaban J connectivity index is 1.69. The van der Waals surface area contributed by atoms with Crippen molar-refractivity contribution in [3.63, 3.8) is 0 Å². The monoisotopic (exact) mass is 600 g/mol. The van der Waals surface area contributed by atoms with Crippen LogP contribution in [0.1, 0.15) is 44.0 Å². The van der Waals surface area contributed by atoms with Crippen LogP contribution in [0.15, 0.2) is 55.0 Å². The number of nitriles is 1. The summed E-state index contributed by atoms with van der Waals surface area (Å²) in [5.74, 6) is -0.156. The number of rotatable bonds is 13. The van der Waals surface area contributed by atoms with E-state index in [0.29, 0.717) is 53.6 Å². The van der Waals surface area contributed by atoms with Crippen LogP contribution >= 0.6 is 35.4 Å². The molecule has 0 atom stereocenters. The zero-order valence-electron chi connectivity index (χ0n) is 22.9. The maximum Gasteiger partial charge on any atom is 0.226 e. The highest BCUT2D eigenvalue weighted by Gasteiger charge is 2.26. The van der Waals surface area contributed by atoms with Crippen LogP contribution in [0, 0.1) is 11.3 Å². The second-order valence-electron chi connectivity index (χ2n) is 9.87. The highest BCUT2D eigenvalue weighted by atomic mass is 35.5. The molecule has 212 valence electrons. The fourth-order valence-corrected chi connectivity index (χ4v) is 4.80. The normalized spacial score (nSPS) is 11.1. The van der Waals surface area contributed by atoms with Gasteiger partial charge in [-0.05, 0) is 75.3 Å². The van der Waals surface area contributed by atoms with Gasteiger partial charge in [-0.15, -0.1) is 0 Å². The Bertz CT molecular complexity index is 1340. The summed E-state index contributed by atoms with van der Waals surface area (Å²) >= 11 is 18.5. The van der Waals surface area contributed by atoms with Crippen LogP contribution in [0.4, 0.5) is 0 Å². The number of ether oxygens (including phenoxy) is 1. The van der Waals surface area contributed by atoms with Crippen molar-refractivity contribution in [2.24, 2.45) is 0 Å². The van der Waals surface area contributed by atoms with E-state index in [1.54, 1.807) is 30.7 Å². The molecule has 0 fully saturated rings. The summed E-state index contributed by atoms with van der Waals surface area (Å²) in [6.45, 7) is 8.69. The number of hydrogen-bond acceptors (Lipinski definition) is 5. The van der Waals surface area contributed by atoms with E-state index < -0.39 is 5.54 Å². The maximum atomic E-state index is 13.2. The van der Waals surface area contributed by atoms with Gasteiger partial charge < -0.3 is 24.8 Å². The minimum absolute atomic E-state index is 0.129. The summed E-state index contributed by atoms with van der Waals surface area (Å²) in [6.07, 6.45) is 4.26. The zero-order chi connectivity index (χ0) is 29.1. The molecule has 0 unspecified atom stereocenters. The molecular weight excluding hydrogens is 567 g/mol. The third-order valence-electron chi connectivity index (χ3n) is 6.02. The lowest BCUT2D eigenvalue weighted by Crippen LogP contribution is -2.54. The van der Waals surface area contributed by atoms with Gasteiger partial charge in [-0.3, -0.25) is 4.79 Å². The number of aromatic nitrogens is 2. The van der Waals surface area contributed by atoms with Gasteiger partial charge in [-0.25, -0.2) is 4.98 Å². The molecule has 0 saturated carbocycles. The molecule has 0 radical (unpaired) electrons. The van der Waals surface area contributed by atoms with Crippen molar-refractivity contribution < 1.29 is 9.53 Å². The summed E-state index contributed by atoms with van der Waals surface area (Å²) in [6, 6.07) is 14.7.